The van der Waals surface area contributed by atoms with Crippen LogP contribution < -0.4 is 21.6 Å². The van der Waals surface area contributed by atoms with Gasteiger partial charge < -0.3 is 25.7 Å². The van der Waals surface area contributed by atoms with E-state index in [1.54, 1.807) is 24.1 Å². The molecule has 0 saturated carbocycles. The van der Waals surface area contributed by atoms with Crippen LogP contribution in [0.5, 0.6) is 0 Å². The lowest BCUT2D eigenvalue weighted by molar-refractivity contribution is -0.0192. The van der Waals surface area contributed by atoms with E-state index in [1.165, 1.54) is 18.3 Å². The first-order valence-electron chi connectivity index (χ1n) is 17.6. The fourth-order valence-electron chi connectivity index (χ4n) is 7.08. The number of rotatable bonds is 9. The number of aromatic nitrogens is 1. The van der Waals surface area contributed by atoms with Gasteiger partial charge in [-0.25, -0.2) is 4.39 Å². The molecule has 11 nitrogen and oxygen atoms in total. The number of hydrazine groups is 2. The van der Waals surface area contributed by atoms with Crippen LogP contribution in [0, 0.1) is 17.1 Å². The lowest BCUT2D eigenvalue weighted by Gasteiger charge is -2.42. The molecule has 1 amide bonds. The third-order valence-electron chi connectivity index (χ3n) is 10.2. The van der Waals surface area contributed by atoms with Crippen molar-refractivity contribution in [1.29, 1.82) is 5.26 Å². The molecule has 2 saturated heterocycles. The number of carbonyl (C=O) groups is 1. The standard InChI is InChI=1S/C39H42Cl2FN9O2/c1-39(2,3)50-12-10-28(11-13-50)51-22-34(47-48-51)36(23-6-5-7-24(14-23)38(52)49-20-29(21-49)53-4)46-27-15-30-35(45-26-8-9-33(42)31(40)16-26)25(18-43)19-44-37(30)32(41)17-27/h5-9,14-17,19,22,28-29,36,46-48H,10-13,20-21H2,1-4H3,(H,44,45)/t36-/m0/s1. The van der Waals surface area contributed by atoms with Crippen molar-refractivity contribution in [2.75, 3.05) is 43.9 Å². The van der Waals surface area contributed by atoms with Crippen LogP contribution in [-0.2, 0) is 4.74 Å². The average molecular weight is 759 g/mol. The second kappa shape index (κ2) is 15.0. The Morgan fingerprint density at radius 1 is 1.08 bits per heavy atom. The highest BCUT2D eigenvalue weighted by atomic mass is 35.5. The first kappa shape index (κ1) is 36.7. The van der Waals surface area contributed by atoms with Crippen LogP contribution >= 0.6 is 23.2 Å². The van der Waals surface area contributed by atoms with Crippen LogP contribution in [0.4, 0.5) is 21.5 Å². The summed E-state index contributed by atoms with van der Waals surface area (Å²) in [5.74, 6) is -0.607. The topological polar surface area (TPSA) is 121 Å². The molecule has 1 atom stereocenters. The summed E-state index contributed by atoms with van der Waals surface area (Å²) >= 11 is 13.0. The van der Waals surface area contributed by atoms with Gasteiger partial charge in [0.25, 0.3) is 5.91 Å². The second-order valence-electron chi connectivity index (χ2n) is 14.7. The molecule has 3 aliphatic rings. The molecule has 4 N–H and O–H groups in total. The third kappa shape index (κ3) is 7.72. The fourth-order valence-corrected chi connectivity index (χ4v) is 7.53. The summed E-state index contributed by atoms with van der Waals surface area (Å²) in [6.45, 7) is 9.85. The number of ether oxygens (including phenoxy) is 1. The smallest absolute Gasteiger partial charge is 0.254 e. The van der Waals surface area contributed by atoms with Gasteiger partial charge in [0.15, 0.2) is 0 Å². The van der Waals surface area contributed by atoms with E-state index < -0.39 is 11.9 Å². The molecule has 53 heavy (non-hydrogen) atoms. The molecule has 3 aromatic carbocycles. The number of hydrogen-bond donors (Lipinski definition) is 4. The Kier molecular flexibility index (Phi) is 10.4. The summed E-state index contributed by atoms with van der Waals surface area (Å²) in [6, 6.07) is 17.6. The van der Waals surface area contributed by atoms with Crippen LogP contribution in [0.3, 0.4) is 0 Å². The number of methoxy groups -OCH3 is 1. The van der Waals surface area contributed by atoms with Crippen molar-refractivity contribution < 1.29 is 13.9 Å². The quantitative estimate of drug-likeness (QED) is 0.138. The van der Waals surface area contributed by atoms with Crippen molar-refractivity contribution in [2.24, 2.45) is 0 Å². The van der Waals surface area contributed by atoms with E-state index in [0.717, 1.165) is 37.2 Å². The monoisotopic (exact) mass is 757 g/mol. The van der Waals surface area contributed by atoms with E-state index in [2.05, 4.69) is 69.5 Å². The zero-order valence-corrected chi connectivity index (χ0v) is 31.5. The molecule has 4 heterocycles. The van der Waals surface area contributed by atoms with Gasteiger partial charge in [-0.3, -0.25) is 19.7 Å². The van der Waals surface area contributed by atoms with Crippen molar-refractivity contribution in [3.63, 3.8) is 0 Å². The van der Waals surface area contributed by atoms with E-state index >= 15 is 0 Å². The lowest BCUT2D eigenvalue weighted by Crippen LogP contribution is -2.54. The maximum Gasteiger partial charge on any atom is 0.254 e. The zero-order chi connectivity index (χ0) is 37.4. The SMILES string of the molecule is COC1CN(C(=O)c2cccc([C@H](Nc3cc(Cl)c4ncc(C#N)c(Nc5ccc(F)c(Cl)c5)c4c3)C3=CN(C4CCN(C(C)(C)C)CC4)NN3)c2)C1. The number of fused-ring (bicyclic) bond motifs is 1. The number of halogens is 3. The number of nitrogens with one attached hydrogen (secondary N) is 4. The van der Waals surface area contributed by atoms with Gasteiger partial charge in [-0.15, -0.1) is 5.53 Å². The van der Waals surface area contributed by atoms with Gasteiger partial charge in [-0.2, -0.15) is 5.26 Å². The number of benzene rings is 3. The first-order chi connectivity index (χ1) is 25.4. The van der Waals surface area contributed by atoms with Crippen LogP contribution in [0.2, 0.25) is 10.0 Å². The number of likely N-dealkylation sites (tertiary alicyclic amines) is 2. The number of pyridine rings is 1. The zero-order valence-electron chi connectivity index (χ0n) is 30.0. The van der Waals surface area contributed by atoms with Gasteiger partial charge in [0.2, 0.25) is 0 Å². The van der Waals surface area contributed by atoms with Gasteiger partial charge in [0.05, 0.1) is 44.7 Å². The highest BCUT2D eigenvalue weighted by Gasteiger charge is 2.34. The average Bonchev–Trinajstić information content (AvgIpc) is 3.62. The van der Waals surface area contributed by atoms with Gasteiger partial charge in [-0.05, 0) is 81.6 Å². The fraction of sp³-hybridized carbons (Fsp3) is 0.359. The van der Waals surface area contributed by atoms with Crippen LogP contribution in [0.1, 0.15) is 61.1 Å². The molecule has 4 aromatic rings. The first-order valence-corrected chi connectivity index (χ1v) is 18.4. The second-order valence-corrected chi connectivity index (χ2v) is 15.5. The Hall–Kier alpha value is -4.64. The largest absolute Gasteiger partial charge is 0.378 e. The molecule has 0 bridgehead atoms. The number of nitrogens with zero attached hydrogens (tertiary/aromatic N) is 5. The van der Waals surface area contributed by atoms with E-state index in [-0.39, 0.29) is 34.2 Å². The van der Waals surface area contributed by atoms with Crippen molar-refractivity contribution in [3.8, 4) is 6.07 Å². The Morgan fingerprint density at radius 3 is 2.53 bits per heavy atom. The minimum atomic E-state index is -0.550. The Morgan fingerprint density at radius 2 is 1.83 bits per heavy atom. The molecule has 0 unspecified atom stereocenters. The molecule has 3 aliphatic heterocycles. The van der Waals surface area contributed by atoms with E-state index in [1.807, 2.05) is 30.3 Å². The number of piperidine rings is 1. The maximum atomic E-state index is 14.0. The summed E-state index contributed by atoms with van der Waals surface area (Å²) in [6.07, 6.45) is 5.59. The number of nitriles is 1. The predicted octanol–water partition coefficient (Wildman–Crippen LogP) is 7.35. The van der Waals surface area contributed by atoms with Crippen LogP contribution in [0.25, 0.3) is 10.9 Å². The summed E-state index contributed by atoms with van der Waals surface area (Å²) in [5, 5.41) is 20.0. The van der Waals surface area contributed by atoms with Crippen molar-refractivity contribution in [1.82, 2.24) is 30.8 Å². The number of carbonyl (C=O) groups excluding carboxylic acids is 1. The normalized spacial score (nSPS) is 17.6. The molecule has 0 spiro atoms. The highest BCUT2D eigenvalue weighted by molar-refractivity contribution is 6.36. The Labute approximate surface area is 318 Å². The van der Waals surface area contributed by atoms with Crippen LogP contribution in [-0.4, -0.2) is 76.7 Å². The van der Waals surface area contributed by atoms with Gasteiger partial charge >= 0.3 is 0 Å². The predicted molar refractivity (Wildman–Crippen MR) is 206 cm³/mol. The minimum Gasteiger partial charge on any atom is -0.378 e. The summed E-state index contributed by atoms with van der Waals surface area (Å²) in [7, 11) is 1.66. The number of amides is 1. The third-order valence-corrected chi connectivity index (χ3v) is 10.8. The molecule has 2 fully saturated rings. The number of anilines is 3. The Balaban J connectivity index is 1.24. The van der Waals surface area contributed by atoms with E-state index in [4.69, 9.17) is 27.9 Å². The van der Waals surface area contributed by atoms with E-state index in [0.29, 0.717) is 51.6 Å². The van der Waals surface area contributed by atoms with Gasteiger partial charge in [-0.1, -0.05) is 35.3 Å². The van der Waals surface area contributed by atoms with Gasteiger partial charge in [0, 0.05) is 79.6 Å². The molecule has 7 rings (SSSR count). The van der Waals surface area contributed by atoms with Crippen molar-refractivity contribution in [2.45, 2.75) is 57.3 Å². The molecular formula is C39H42Cl2FN9O2. The van der Waals surface area contributed by atoms with Crippen LogP contribution in [0.15, 0.2) is 72.7 Å². The molecule has 14 heteroatoms. The number of hydrogen-bond acceptors (Lipinski definition) is 10. The van der Waals surface area contributed by atoms with E-state index in [9.17, 15) is 14.4 Å². The summed E-state index contributed by atoms with van der Waals surface area (Å²) < 4.78 is 19.4. The molecule has 0 aliphatic carbocycles. The molecule has 0 radical (unpaired) electrons. The maximum absolute atomic E-state index is 14.0. The van der Waals surface area contributed by atoms with Crippen molar-refractivity contribution in [3.05, 3.63) is 105 Å². The minimum absolute atomic E-state index is 0.0461. The Bertz CT molecular complexity index is 2100. The summed E-state index contributed by atoms with van der Waals surface area (Å²) in [4.78, 5) is 22.3. The molecular weight excluding hydrogens is 716 g/mol. The highest BCUT2D eigenvalue weighted by Crippen LogP contribution is 2.38. The van der Waals surface area contributed by atoms with Gasteiger partial charge in [0.1, 0.15) is 11.9 Å². The summed E-state index contributed by atoms with van der Waals surface area (Å²) in [5.41, 5.74) is 11.5. The van der Waals surface area contributed by atoms with Crippen molar-refractivity contribution >= 4 is 57.1 Å². The molecule has 1 aromatic heterocycles. The molecule has 276 valence electrons. The lowest BCUT2D eigenvalue weighted by atomic mass is 9.97.